The maximum atomic E-state index is 11.4. The predicted octanol–water partition coefficient (Wildman–Crippen LogP) is 1.56. The van der Waals surface area contributed by atoms with Gasteiger partial charge in [0.2, 0.25) is 10.0 Å². The second kappa shape index (κ2) is 5.74. The second-order valence-corrected chi connectivity index (χ2v) is 6.12. The molecule has 7 nitrogen and oxygen atoms in total. The first-order chi connectivity index (χ1) is 9.82. The lowest BCUT2D eigenvalue weighted by Gasteiger charge is -2.12. The van der Waals surface area contributed by atoms with Crippen molar-refractivity contribution in [2.75, 3.05) is 12.4 Å². The molecule has 0 spiro atoms. The summed E-state index contributed by atoms with van der Waals surface area (Å²) in [6.07, 6.45) is 0. The molecule has 8 heteroatoms. The van der Waals surface area contributed by atoms with Crippen LogP contribution in [0, 0.1) is 13.8 Å². The van der Waals surface area contributed by atoms with Crippen LogP contribution in [-0.2, 0) is 16.6 Å². The molecule has 1 heterocycles. The summed E-state index contributed by atoms with van der Waals surface area (Å²) in [5.74, 6) is 1.23. The Hall–Kier alpha value is -2.06. The fraction of sp³-hybridized carbons (Fsp3) is 0.308. The average molecular weight is 311 g/mol. The number of hydrogen-bond donors (Lipinski definition) is 2. The van der Waals surface area contributed by atoms with Crippen LogP contribution in [0.3, 0.4) is 0 Å². The molecule has 0 aliphatic rings. The lowest BCUT2D eigenvalue weighted by Crippen LogP contribution is -2.13. The van der Waals surface area contributed by atoms with Crippen LogP contribution in [0.15, 0.2) is 27.6 Å². The smallest absolute Gasteiger partial charge is 0.238 e. The van der Waals surface area contributed by atoms with E-state index in [2.05, 4.69) is 10.5 Å². The second-order valence-electron chi connectivity index (χ2n) is 4.56. The molecule has 0 radical (unpaired) electrons. The van der Waals surface area contributed by atoms with Crippen molar-refractivity contribution in [3.05, 3.63) is 35.2 Å². The number of aromatic nitrogens is 1. The van der Waals surface area contributed by atoms with Gasteiger partial charge in [-0.05, 0) is 32.0 Å². The first kappa shape index (κ1) is 15.3. The summed E-state index contributed by atoms with van der Waals surface area (Å²) < 4.78 is 33.1. The minimum absolute atomic E-state index is 0.0181. The highest BCUT2D eigenvalue weighted by Gasteiger charge is 2.14. The molecular formula is C13H17N3O4S. The molecule has 0 aliphatic heterocycles. The molecular weight excluding hydrogens is 294 g/mol. The van der Waals surface area contributed by atoms with Gasteiger partial charge < -0.3 is 14.6 Å². The Morgan fingerprint density at radius 1 is 1.38 bits per heavy atom. The van der Waals surface area contributed by atoms with Gasteiger partial charge in [-0.1, -0.05) is 5.16 Å². The van der Waals surface area contributed by atoms with Gasteiger partial charge in [-0.2, -0.15) is 0 Å². The Balaban J connectivity index is 2.30. The zero-order valence-corrected chi connectivity index (χ0v) is 12.8. The summed E-state index contributed by atoms with van der Waals surface area (Å²) in [7, 11) is -2.26. The van der Waals surface area contributed by atoms with E-state index in [1.807, 2.05) is 13.8 Å². The zero-order chi connectivity index (χ0) is 15.6. The SMILES string of the molecule is COc1ccc(S(N)(=O)=O)cc1NCc1c(C)noc1C. The Morgan fingerprint density at radius 2 is 2.10 bits per heavy atom. The molecule has 1 aromatic carbocycles. The molecule has 21 heavy (non-hydrogen) atoms. The van der Waals surface area contributed by atoms with Crippen LogP contribution in [0.5, 0.6) is 5.75 Å². The Morgan fingerprint density at radius 3 is 2.62 bits per heavy atom. The van der Waals surface area contributed by atoms with Crippen LogP contribution in [0.25, 0.3) is 0 Å². The van der Waals surface area contributed by atoms with Crippen LogP contribution in [0.4, 0.5) is 5.69 Å². The van der Waals surface area contributed by atoms with E-state index in [0.29, 0.717) is 23.7 Å². The van der Waals surface area contributed by atoms with Crippen molar-refractivity contribution in [3.8, 4) is 5.75 Å². The number of aryl methyl sites for hydroxylation is 2. The van der Waals surface area contributed by atoms with Gasteiger partial charge >= 0.3 is 0 Å². The number of methoxy groups -OCH3 is 1. The Bertz CT molecular complexity index is 733. The van der Waals surface area contributed by atoms with Crippen molar-refractivity contribution in [1.29, 1.82) is 0 Å². The van der Waals surface area contributed by atoms with Gasteiger partial charge in [0.05, 0.1) is 23.4 Å². The minimum atomic E-state index is -3.77. The molecule has 0 saturated carbocycles. The van der Waals surface area contributed by atoms with E-state index >= 15 is 0 Å². The molecule has 0 saturated heterocycles. The zero-order valence-electron chi connectivity index (χ0n) is 12.0. The van der Waals surface area contributed by atoms with Crippen LogP contribution < -0.4 is 15.2 Å². The van der Waals surface area contributed by atoms with Crippen LogP contribution in [0.2, 0.25) is 0 Å². The lowest BCUT2D eigenvalue weighted by atomic mass is 10.2. The van der Waals surface area contributed by atoms with Crippen molar-refractivity contribution >= 4 is 15.7 Å². The van der Waals surface area contributed by atoms with Gasteiger partial charge in [0, 0.05) is 12.1 Å². The van der Waals surface area contributed by atoms with Crippen LogP contribution in [0.1, 0.15) is 17.0 Å². The number of ether oxygens (including phenoxy) is 1. The van der Waals surface area contributed by atoms with Gasteiger partial charge in [-0.3, -0.25) is 0 Å². The summed E-state index contributed by atoms with van der Waals surface area (Å²) in [4.78, 5) is 0.0181. The maximum Gasteiger partial charge on any atom is 0.238 e. The third-order valence-electron chi connectivity index (χ3n) is 3.14. The highest BCUT2D eigenvalue weighted by Crippen LogP contribution is 2.28. The summed E-state index contributed by atoms with van der Waals surface area (Å²) in [6.45, 7) is 4.09. The quantitative estimate of drug-likeness (QED) is 0.867. The molecule has 0 amide bonds. The van der Waals surface area contributed by atoms with Crippen LogP contribution >= 0.6 is 0 Å². The number of benzene rings is 1. The molecule has 0 bridgehead atoms. The molecule has 2 aromatic rings. The van der Waals surface area contributed by atoms with Gasteiger partial charge in [0.1, 0.15) is 11.5 Å². The van der Waals surface area contributed by atoms with E-state index in [9.17, 15) is 8.42 Å². The lowest BCUT2D eigenvalue weighted by molar-refractivity contribution is 0.392. The number of hydrogen-bond acceptors (Lipinski definition) is 6. The number of primary sulfonamides is 1. The predicted molar refractivity (Wildman–Crippen MR) is 77.7 cm³/mol. The standard InChI is InChI=1S/C13H17N3O4S/c1-8-11(9(2)20-16-8)7-15-12-6-10(21(14,17)18)4-5-13(12)19-3/h4-6,15H,7H2,1-3H3,(H2,14,17,18). The van der Waals surface area contributed by atoms with Crippen molar-refractivity contribution < 1.29 is 17.7 Å². The molecule has 0 fully saturated rings. The third-order valence-corrected chi connectivity index (χ3v) is 4.05. The molecule has 0 unspecified atom stereocenters. The minimum Gasteiger partial charge on any atom is -0.495 e. The molecule has 114 valence electrons. The fourth-order valence-corrected chi connectivity index (χ4v) is 2.48. The van der Waals surface area contributed by atoms with Gasteiger partial charge in [-0.15, -0.1) is 0 Å². The van der Waals surface area contributed by atoms with Gasteiger partial charge in [0.25, 0.3) is 0 Å². The van der Waals surface area contributed by atoms with Crippen LogP contribution in [-0.4, -0.2) is 20.7 Å². The van der Waals surface area contributed by atoms with Crippen molar-refractivity contribution in [3.63, 3.8) is 0 Å². The monoisotopic (exact) mass is 311 g/mol. The van der Waals surface area contributed by atoms with E-state index in [4.69, 9.17) is 14.4 Å². The maximum absolute atomic E-state index is 11.4. The van der Waals surface area contributed by atoms with Crippen molar-refractivity contribution in [2.24, 2.45) is 5.14 Å². The number of rotatable bonds is 5. The molecule has 1 aromatic heterocycles. The molecule has 0 aliphatic carbocycles. The summed E-state index contributed by atoms with van der Waals surface area (Å²) >= 11 is 0. The van der Waals surface area contributed by atoms with Gasteiger partial charge in [-0.25, -0.2) is 13.6 Å². The van der Waals surface area contributed by atoms with Crippen molar-refractivity contribution in [2.45, 2.75) is 25.3 Å². The van der Waals surface area contributed by atoms with E-state index < -0.39 is 10.0 Å². The first-order valence-electron chi connectivity index (χ1n) is 6.19. The third kappa shape index (κ3) is 3.34. The van der Waals surface area contributed by atoms with E-state index in [1.54, 1.807) is 6.07 Å². The Labute approximate surface area is 123 Å². The molecule has 3 N–H and O–H groups in total. The average Bonchev–Trinajstić information content (AvgIpc) is 2.74. The number of nitrogens with zero attached hydrogens (tertiary/aromatic N) is 1. The number of nitrogens with two attached hydrogens (primary N) is 1. The Kier molecular flexibility index (Phi) is 4.19. The van der Waals surface area contributed by atoms with Gasteiger partial charge in [0.15, 0.2) is 0 Å². The van der Waals surface area contributed by atoms with E-state index in [0.717, 1.165) is 11.3 Å². The number of anilines is 1. The fourth-order valence-electron chi connectivity index (χ4n) is 1.94. The normalized spacial score (nSPS) is 11.4. The van der Waals surface area contributed by atoms with E-state index in [-0.39, 0.29) is 4.90 Å². The highest BCUT2D eigenvalue weighted by atomic mass is 32.2. The van der Waals surface area contributed by atoms with E-state index in [1.165, 1.54) is 19.2 Å². The summed E-state index contributed by atoms with van der Waals surface area (Å²) in [5.41, 5.74) is 2.23. The molecule has 2 rings (SSSR count). The summed E-state index contributed by atoms with van der Waals surface area (Å²) in [5, 5.41) is 12.1. The first-order valence-corrected chi connectivity index (χ1v) is 7.74. The highest BCUT2D eigenvalue weighted by molar-refractivity contribution is 7.89. The molecule has 0 atom stereocenters. The summed E-state index contributed by atoms with van der Waals surface area (Å²) in [6, 6.07) is 4.39. The largest absolute Gasteiger partial charge is 0.495 e. The number of sulfonamides is 1. The van der Waals surface area contributed by atoms with Crippen molar-refractivity contribution in [1.82, 2.24) is 5.16 Å². The number of nitrogens with one attached hydrogen (secondary N) is 1. The topological polar surface area (TPSA) is 107 Å².